The topological polar surface area (TPSA) is 96.9 Å². The molecule has 3 rings (SSSR count). The summed E-state index contributed by atoms with van der Waals surface area (Å²) in [5, 5.41) is 7.30. The number of ether oxygens (including phenoxy) is 1. The second-order valence-electron chi connectivity index (χ2n) is 6.37. The van der Waals surface area contributed by atoms with Crippen LogP contribution in [0.25, 0.3) is 0 Å². The Morgan fingerprint density at radius 2 is 1.55 bits per heavy atom. The molecule has 0 aromatic heterocycles. The lowest BCUT2D eigenvalue weighted by Crippen LogP contribution is -2.35. The molecule has 0 fully saturated rings. The van der Waals surface area contributed by atoms with E-state index < -0.39 is 35.2 Å². The molecule has 3 aromatic rings. The van der Waals surface area contributed by atoms with Gasteiger partial charge < -0.3 is 10.1 Å². The quantitative estimate of drug-likeness (QED) is 0.531. The monoisotopic (exact) mass is 425 g/mol. The molecule has 158 valence electrons. The van der Waals surface area contributed by atoms with Gasteiger partial charge in [0, 0.05) is 5.69 Å². The minimum atomic E-state index is -1.21. The van der Waals surface area contributed by atoms with Gasteiger partial charge in [0.2, 0.25) is 0 Å². The molecule has 3 aromatic carbocycles. The van der Waals surface area contributed by atoms with E-state index in [0.29, 0.717) is 11.4 Å². The Balaban J connectivity index is 1.54. The summed E-state index contributed by atoms with van der Waals surface area (Å²) in [6.07, 6.45) is 0. The molecular weight excluding hydrogens is 408 g/mol. The number of imide groups is 1. The van der Waals surface area contributed by atoms with E-state index in [2.05, 4.69) is 10.5 Å². The van der Waals surface area contributed by atoms with E-state index in [0.717, 1.165) is 23.8 Å². The second kappa shape index (κ2) is 10.1. The Kier molecular flexibility index (Phi) is 7.00. The van der Waals surface area contributed by atoms with Crippen LogP contribution >= 0.6 is 0 Å². The number of carbonyl (C=O) groups excluding carboxylic acids is 2. The first-order chi connectivity index (χ1) is 15.0. The number of urea groups is 1. The Labute approximate surface area is 176 Å². The molecule has 0 radical (unpaired) electrons. The maximum atomic E-state index is 13.6. The number of hydrogen-bond donors (Lipinski definition) is 2. The molecule has 3 amide bonds. The fourth-order valence-corrected chi connectivity index (χ4v) is 2.72. The molecular formula is C22H17F2N3O4. The van der Waals surface area contributed by atoms with E-state index in [-0.39, 0.29) is 6.61 Å². The second-order valence-corrected chi connectivity index (χ2v) is 6.37. The van der Waals surface area contributed by atoms with Gasteiger partial charge in [0.1, 0.15) is 29.6 Å². The molecule has 0 aliphatic rings. The van der Waals surface area contributed by atoms with Crippen LogP contribution in [0.15, 0.2) is 78.0 Å². The van der Waals surface area contributed by atoms with E-state index in [1.807, 2.05) is 11.4 Å². The minimum Gasteiger partial charge on any atom is -0.491 e. The largest absolute Gasteiger partial charge is 0.491 e. The number of anilines is 1. The molecule has 0 bridgehead atoms. The third-order valence-electron chi connectivity index (χ3n) is 4.25. The molecule has 7 nitrogen and oxygen atoms in total. The zero-order valence-corrected chi connectivity index (χ0v) is 16.0. The summed E-state index contributed by atoms with van der Waals surface area (Å²) in [5.74, 6) is -2.93. The van der Waals surface area contributed by atoms with E-state index in [1.165, 1.54) is 12.1 Å². The van der Waals surface area contributed by atoms with Crippen molar-refractivity contribution in [3.05, 3.63) is 100 Å². The fourth-order valence-electron chi connectivity index (χ4n) is 2.72. The lowest BCUT2D eigenvalue weighted by molar-refractivity contribution is 0.0959. The fraction of sp³-hybridized carbons (Fsp3) is 0.0909. The van der Waals surface area contributed by atoms with Crippen LogP contribution < -0.4 is 15.4 Å². The smallest absolute Gasteiger partial charge is 0.326 e. The highest BCUT2D eigenvalue weighted by Gasteiger charge is 2.19. The van der Waals surface area contributed by atoms with Gasteiger partial charge in [0.25, 0.3) is 5.91 Å². The van der Waals surface area contributed by atoms with E-state index in [9.17, 15) is 23.3 Å². The molecule has 0 saturated heterocycles. The first kappa shape index (κ1) is 21.6. The van der Waals surface area contributed by atoms with Gasteiger partial charge in [-0.1, -0.05) is 41.6 Å². The van der Waals surface area contributed by atoms with E-state index >= 15 is 0 Å². The predicted molar refractivity (Wildman–Crippen MR) is 110 cm³/mol. The predicted octanol–water partition coefficient (Wildman–Crippen LogP) is 4.81. The van der Waals surface area contributed by atoms with Crippen molar-refractivity contribution in [1.29, 1.82) is 0 Å². The van der Waals surface area contributed by atoms with Crippen molar-refractivity contribution in [3.8, 4) is 5.75 Å². The van der Waals surface area contributed by atoms with Gasteiger partial charge in [-0.05, 0) is 42.0 Å². The van der Waals surface area contributed by atoms with E-state index in [4.69, 9.17) is 4.74 Å². The van der Waals surface area contributed by atoms with Gasteiger partial charge in [0.15, 0.2) is 6.04 Å². The third kappa shape index (κ3) is 5.69. The standard InChI is InChI=1S/C22H17F2N3O4/c23-17-7-4-8-18(24)20(17)21(28)26-22(29)25-15-9-11-16(12-10-15)31-13-19(27-30)14-5-2-1-3-6-14/h1-12,19H,13H2,(H2,25,26,28,29). The van der Waals surface area contributed by atoms with Crippen molar-refractivity contribution in [2.45, 2.75) is 6.04 Å². The van der Waals surface area contributed by atoms with Crippen LogP contribution in [0.4, 0.5) is 19.3 Å². The number of halogens is 2. The molecule has 0 spiro atoms. The average molecular weight is 425 g/mol. The highest BCUT2D eigenvalue weighted by molar-refractivity contribution is 6.08. The summed E-state index contributed by atoms with van der Waals surface area (Å²) in [5.41, 5.74) is 0.182. The lowest BCUT2D eigenvalue weighted by atomic mass is 10.1. The lowest BCUT2D eigenvalue weighted by Gasteiger charge is -2.12. The molecule has 2 N–H and O–H groups in total. The van der Waals surface area contributed by atoms with Gasteiger partial charge in [-0.2, -0.15) is 4.91 Å². The number of benzene rings is 3. The van der Waals surface area contributed by atoms with Crippen molar-refractivity contribution in [3.63, 3.8) is 0 Å². The van der Waals surface area contributed by atoms with Gasteiger partial charge in [-0.25, -0.2) is 13.6 Å². The normalized spacial score (nSPS) is 11.3. The number of amides is 3. The van der Waals surface area contributed by atoms with Crippen LogP contribution in [0.3, 0.4) is 0 Å². The maximum Gasteiger partial charge on any atom is 0.326 e. The van der Waals surface area contributed by atoms with Crippen molar-refractivity contribution in [2.24, 2.45) is 5.18 Å². The number of rotatable bonds is 7. The Morgan fingerprint density at radius 1 is 0.903 bits per heavy atom. The summed E-state index contributed by atoms with van der Waals surface area (Å²) >= 11 is 0. The van der Waals surface area contributed by atoms with Crippen LogP contribution in [0.1, 0.15) is 22.0 Å². The summed E-state index contributed by atoms with van der Waals surface area (Å²) in [7, 11) is 0. The third-order valence-corrected chi connectivity index (χ3v) is 4.25. The highest BCUT2D eigenvalue weighted by atomic mass is 19.1. The van der Waals surface area contributed by atoms with Gasteiger partial charge in [0.05, 0.1) is 0 Å². The van der Waals surface area contributed by atoms with Crippen LogP contribution in [0.2, 0.25) is 0 Å². The molecule has 1 atom stereocenters. The van der Waals surface area contributed by atoms with E-state index in [1.54, 1.807) is 36.4 Å². The molecule has 0 saturated carbocycles. The SMILES string of the molecule is O=NC(COc1ccc(NC(=O)NC(=O)c2c(F)cccc2F)cc1)c1ccccc1. The molecule has 31 heavy (non-hydrogen) atoms. The molecule has 0 heterocycles. The number of hydrogen-bond acceptors (Lipinski definition) is 5. The van der Waals surface area contributed by atoms with Crippen LogP contribution in [0, 0.1) is 16.5 Å². The average Bonchev–Trinajstić information content (AvgIpc) is 2.76. The first-order valence-corrected chi connectivity index (χ1v) is 9.14. The summed E-state index contributed by atoms with van der Waals surface area (Å²) in [6.45, 7) is 0.0312. The maximum absolute atomic E-state index is 13.6. The zero-order valence-electron chi connectivity index (χ0n) is 16.0. The van der Waals surface area contributed by atoms with Crippen LogP contribution in [0.5, 0.6) is 5.75 Å². The minimum absolute atomic E-state index is 0.0312. The van der Waals surface area contributed by atoms with Crippen molar-refractivity contribution in [2.75, 3.05) is 11.9 Å². The summed E-state index contributed by atoms with van der Waals surface area (Å²) in [4.78, 5) is 35.0. The van der Waals surface area contributed by atoms with Crippen LogP contribution in [-0.4, -0.2) is 18.5 Å². The Bertz CT molecular complexity index is 1060. The summed E-state index contributed by atoms with van der Waals surface area (Å²) in [6, 6.07) is 16.3. The van der Waals surface area contributed by atoms with Crippen molar-refractivity contribution in [1.82, 2.24) is 5.32 Å². The highest BCUT2D eigenvalue weighted by Crippen LogP contribution is 2.21. The Hall–Kier alpha value is -4.14. The molecule has 0 aliphatic heterocycles. The van der Waals surface area contributed by atoms with Gasteiger partial charge in [-0.15, -0.1) is 0 Å². The molecule has 1 unspecified atom stereocenters. The number of carbonyl (C=O) groups is 2. The van der Waals surface area contributed by atoms with Gasteiger partial charge >= 0.3 is 6.03 Å². The number of nitrogens with zero attached hydrogens (tertiary/aromatic N) is 1. The van der Waals surface area contributed by atoms with Crippen molar-refractivity contribution >= 4 is 17.6 Å². The van der Waals surface area contributed by atoms with Crippen LogP contribution in [-0.2, 0) is 0 Å². The zero-order chi connectivity index (χ0) is 22.2. The molecule has 9 heteroatoms. The number of nitroso groups, excluding NO2 is 1. The van der Waals surface area contributed by atoms with Gasteiger partial charge in [-0.3, -0.25) is 10.1 Å². The molecule has 0 aliphatic carbocycles. The van der Waals surface area contributed by atoms with Crippen molar-refractivity contribution < 1.29 is 23.1 Å². The Morgan fingerprint density at radius 3 is 2.16 bits per heavy atom. The summed E-state index contributed by atoms with van der Waals surface area (Å²) < 4.78 is 32.8. The first-order valence-electron chi connectivity index (χ1n) is 9.14. The number of nitrogens with one attached hydrogen (secondary N) is 2.